The highest BCUT2D eigenvalue weighted by Gasteiger charge is 2.29. The van der Waals surface area contributed by atoms with E-state index in [1.807, 2.05) is 22.7 Å². The maximum atomic E-state index is 5.95. The van der Waals surface area contributed by atoms with Crippen molar-refractivity contribution in [3.05, 3.63) is 187 Å². The number of nitrogens with zero attached hydrogens (tertiary/aromatic N) is 4. The predicted molar refractivity (Wildman–Crippen MR) is 274 cm³/mol. The van der Waals surface area contributed by atoms with Crippen molar-refractivity contribution in [2.24, 2.45) is 0 Å². The Balaban J connectivity index is 1.07. The number of hydrogen-bond donors (Lipinski definition) is 0. The van der Waals surface area contributed by atoms with Crippen molar-refractivity contribution < 1.29 is 0 Å². The molecule has 1 atom stereocenters. The Morgan fingerprint density at radius 1 is 0.438 bits per heavy atom. The molecule has 6 heteroatoms. The molecule has 1 unspecified atom stereocenters. The third-order valence-electron chi connectivity index (χ3n) is 14.3. The van der Waals surface area contributed by atoms with Crippen LogP contribution in [0.2, 0.25) is 0 Å². The lowest BCUT2D eigenvalue weighted by Crippen LogP contribution is -2.11. The minimum absolute atomic E-state index is 0.0359. The molecule has 0 amide bonds. The second-order valence-electron chi connectivity index (χ2n) is 17.5. The van der Waals surface area contributed by atoms with Gasteiger partial charge in [0.25, 0.3) is 0 Å². The first-order chi connectivity index (χ1) is 31.8. The van der Waals surface area contributed by atoms with E-state index in [2.05, 4.69) is 185 Å². The highest BCUT2D eigenvalue weighted by atomic mass is 32.1. The summed E-state index contributed by atoms with van der Waals surface area (Å²) in [5.74, 6) is 0.855. The average molecular weight is 849 g/mol. The second kappa shape index (κ2) is 12.1. The molecule has 4 nitrogen and oxygen atoms in total. The smallest absolute Gasteiger partial charge is 0.160 e. The van der Waals surface area contributed by atoms with Crippen molar-refractivity contribution in [3.63, 3.8) is 0 Å². The Morgan fingerprint density at radius 3 is 1.92 bits per heavy atom. The zero-order chi connectivity index (χ0) is 41.4. The summed E-state index contributed by atoms with van der Waals surface area (Å²) < 4.78 is 10.3. The fraction of sp³-hybridized carbons (Fsp3) is 0.0345. The molecule has 6 aromatic heterocycles. The van der Waals surface area contributed by atoms with Crippen LogP contribution in [0, 0.1) is 0 Å². The molecule has 64 heavy (non-hydrogen) atoms. The minimum atomic E-state index is -0.0359. The van der Waals surface area contributed by atoms with Crippen LogP contribution in [0.15, 0.2) is 176 Å². The highest BCUT2D eigenvalue weighted by Crippen LogP contribution is 2.51. The molecule has 0 fully saturated rings. The molecule has 16 rings (SSSR count). The molecular formula is C58H32N4S2. The molecule has 15 aromatic rings. The molecule has 296 valence electrons. The highest BCUT2D eigenvalue weighted by molar-refractivity contribution is 7.26. The van der Waals surface area contributed by atoms with Crippen LogP contribution in [-0.2, 0) is 0 Å². The van der Waals surface area contributed by atoms with Crippen LogP contribution < -0.4 is 0 Å². The van der Waals surface area contributed by atoms with Crippen molar-refractivity contribution in [1.29, 1.82) is 0 Å². The second-order valence-corrected chi connectivity index (χ2v) is 19.7. The van der Waals surface area contributed by atoms with Gasteiger partial charge in [0, 0.05) is 78.6 Å². The van der Waals surface area contributed by atoms with E-state index in [-0.39, 0.29) is 5.92 Å². The van der Waals surface area contributed by atoms with Crippen molar-refractivity contribution in [2.45, 2.75) is 12.3 Å². The van der Waals surface area contributed by atoms with Gasteiger partial charge in [-0.3, -0.25) is 4.57 Å². The van der Waals surface area contributed by atoms with E-state index < -0.39 is 0 Å². The molecule has 0 radical (unpaired) electrons. The first-order valence-electron chi connectivity index (χ1n) is 22.0. The van der Waals surface area contributed by atoms with E-state index in [0.717, 1.165) is 50.8 Å². The molecule has 0 N–H and O–H groups in total. The molecule has 0 saturated carbocycles. The van der Waals surface area contributed by atoms with Crippen LogP contribution in [0.4, 0.5) is 0 Å². The van der Waals surface area contributed by atoms with Gasteiger partial charge in [0.05, 0.1) is 44.3 Å². The molecule has 1 aliphatic rings. The summed E-state index contributed by atoms with van der Waals surface area (Å²) in [5, 5.41) is 15.1. The number of para-hydroxylation sites is 1. The lowest BCUT2D eigenvalue weighted by molar-refractivity contribution is 0.803. The number of thiophene rings is 2. The Hall–Kier alpha value is -7.64. The van der Waals surface area contributed by atoms with Gasteiger partial charge in [-0.05, 0) is 76.9 Å². The normalized spacial score (nSPS) is 15.0. The van der Waals surface area contributed by atoms with Gasteiger partial charge < -0.3 is 4.40 Å². The van der Waals surface area contributed by atoms with E-state index in [1.54, 1.807) is 0 Å². The Bertz CT molecular complexity index is 4590. The van der Waals surface area contributed by atoms with Crippen molar-refractivity contribution in [2.75, 3.05) is 0 Å². The van der Waals surface area contributed by atoms with Crippen molar-refractivity contribution >= 4 is 150 Å². The van der Waals surface area contributed by atoms with Gasteiger partial charge in [0.1, 0.15) is 0 Å². The van der Waals surface area contributed by atoms with Crippen LogP contribution in [0.25, 0.3) is 133 Å². The number of rotatable bonds is 3. The summed E-state index contributed by atoms with van der Waals surface area (Å²) >= 11 is 3.77. The van der Waals surface area contributed by atoms with Gasteiger partial charge in [-0.25, -0.2) is 9.97 Å². The van der Waals surface area contributed by atoms with E-state index in [9.17, 15) is 0 Å². The lowest BCUT2D eigenvalue weighted by Gasteiger charge is -2.22. The van der Waals surface area contributed by atoms with Crippen LogP contribution in [0.3, 0.4) is 0 Å². The van der Waals surface area contributed by atoms with Gasteiger partial charge in [0.15, 0.2) is 5.82 Å². The average Bonchev–Trinajstić information content (AvgIpc) is 4.09. The van der Waals surface area contributed by atoms with E-state index in [0.29, 0.717) is 0 Å². The summed E-state index contributed by atoms with van der Waals surface area (Å²) in [6.45, 7) is 0. The molecule has 0 aliphatic heterocycles. The van der Waals surface area contributed by atoms with E-state index in [4.69, 9.17) is 9.97 Å². The molecule has 9 aromatic carbocycles. The molecule has 1 aliphatic carbocycles. The number of fused-ring (bicyclic) bond motifs is 13. The van der Waals surface area contributed by atoms with Crippen LogP contribution in [0.5, 0.6) is 0 Å². The van der Waals surface area contributed by atoms with E-state index in [1.165, 1.54) is 100 Å². The van der Waals surface area contributed by atoms with Gasteiger partial charge in [-0.1, -0.05) is 127 Å². The Labute approximate surface area is 372 Å². The van der Waals surface area contributed by atoms with Gasteiger partial charge in [0.2, 0.25) is 0 Å². The molecule has 0 saturated heterocycles. The minimum Gasteiger partial charge on any atom is -0.308 e. The van der Waals surface area contributed by atoms with Crippen LogP contribution in [-0.4, -0.2) is 18.9 Å². The lowest BCUT2D eigenvalue weighted by atomic mass is 9.88. The topological polar surface area (TPSA) is 35.1 Å². The summed E-state index contributed by atoms with van der Waals surface area (Å²) in [5.41, 5.74) is 11.4. The Morgan fingerprint density at radius 2 is 1.06 bits per heavy atom. The zero-order valence-electron chi connectivity index (χ0n) is 34.1. The standard InChI is InChI=1S/C58H32N4S2/c1-3-17-37-34(14-1)35-15-2-4-18-38(35)56-55(37)59-54(32-13-9-12-31(30-32)33-20-10-25-46-49(33)40-19-6-8-24-45(40)63-46)58(60-56)62-43-23-11-22-42-50(43)51-44(62)27-29-47-52(51)53-48(64-47)28-26-39-36-16-5-7-21-41(36)61(42)57(39)53/h1-12,14-30,32H,13H2. The van der Waals surface area contributed by atoms with Crippen LogP contribution in [0.1, 0.15) is 23.6 Å². The SMILES string of the molecule is C1=CC(c2cccc3sc4ccccc4c23)=CC(c2nc3c4ccccc4c4ccccc4c3nc2-n2c3ccc4sc5ccc6c7ccccc7n7c8cccc2c8c3c4c5c67)C1. The number of hydrogen-bond acceptors (Lipinski definition) is 4. The fourth-order valence-corrected chi connectivity index (χ4v) is 14.0. The first-order valence-corrected chi connectivity index (χ1v) is 23.7. The summed E-state index contributed by atoms with van der Waals surface area (Å²) in [6, 6.07) is 58.3. The monoisotopic (exact) mass is 848 g/mol. The van der Waals surface area contributed by atoms with Crippen molar-refractivity contribution in [3.8, 4) is 5.82 Å². The maximum absolute atomic E-state index is 5.95. The first kappa shape index (κ1) is 33.9. The van der Waals surface area contributed by atoms with Gasteiger partial charge in [-0.2, -0.15) is 0 Å². The fourth-order valence-electron chi connectivity index (χ4n) is 11.7. The molecule has 6 heterocycles. The van der Waals surface area contributed by atoms with Gasteiger partial charge in [-0.15, -0.1) is 22.7 Å². The number of aromatic nitrogens is 4. The van der Waals surface area contributed by atoms with Crippen LogP contribution >= 0.6 is 22.7 Å². The zero-order valence-corrected chi connectivity index (χ0v) is 35.8. The quantitative estimate of drug-likeness (QED) is 0.166. The predicted octanol–water partition coefficient (Wildman–Crippen LogP) is 16.3. The summed E-state index contributed by atoms with van der Waals surface area (Å²) in [6.07, 6.45) is 7.98. The summed E-state index contributed by atoms with van der Waals surface area (Å²) in [7, 11) is 0. The number of benzene rings is 9. The maximum Gasteiger partial charge on any atom is 0.160 e. The molecule has 0 bridgehead atoms. The van der Waals surface area contributed by atoms with Crippen molar-refractivity contribution in [1.82, 2.24) is 18.9 Å². The molecular weight excluding hydrogens is 817 g/mol. The van der Waals surface area contributed by atoms with Gasteiger partial charge >= 0.3 is 0 Å². The largest absolute Gasteiger partial charge is 0.308 e. The third kappa shape index (κ3) is 4.18. The Kier molecular flexibility index (Phi) is 6.40. The third-order valence-corrected chi connectivity index (χ3v) is 16.6. The molecule has 0 spiro atoms. The summed E-state index contributed by atoms with van der Waals surface area (Å²) in [4.78, 5) is 11.9. The number of allylic oxidation sites excluding steroid dienone is 4. The van der Waals surface area contributed by atoms with E-state index >= 15 is 0 Å².